The second kappa shape index (κ2) is 8.43. The second-order valence-corrected chi connectivity index (χ2v) is 7.25. The summed E-state index contributed by atoms with van der Waals surface area (Å²) in [6, 6.07) is 19.9. The molecule has 3 heterocycles. The predicted molar refractivity (Wildman–Crippen MR) is 119 cm³/mol. The third kappa shape index (κ3) is 3.98. The average molecular weight is 428 g/mol. The lowest BCUT2D eigenvalue weighted by Crippen LogP contribution is -2.25. The molecule has 0 radical (unpaired) electrons. The van der Waals surface area contributed by atoms with Crippen LogP contribution < -0.4 is 15.0 Å². The number of nitrogens with one attached hydrogen (secondary N) is 1. The van der Waals surface area contributed by atoms with E-state index in [1.807, 2.05) is 41.1 Å². The van der Waals surface area contributed by atoms with Crippen LogP contribution in [0.5, 0.6) is 5.75 Å². The topological polar surface area (TPSA) is 85.2 Å². The van der Waals surface area contributed by atoms with E-state index in [4.69, 9.17) is 9.47 Å². The number of benzene rings is 2. The van der Waals surface area contributed by atoms with E-state index in [0.717, 1.165) is 11.3 Å². The molecule has 0 unspecified atom stereocenters. The maximum Gasteiger partial charge on any atom is 0.414 e. The van der Waals surface area contributed by atoms with Crippen molar-refractivity contribution in [2.75, 3.05) is 23.4 Å². The number of aromatic nitrogens is 2. The molecule has 5 rings (SSSR count). The molecule has 2 aromatic carbocycles. The standard InChI is InChI=1S/C24H20N4O4/c29-23(26-20-8-1-2-9-21(20)28-12-13-31-24(28)30)17-6-5-7-19(14-17)32-16-18-15-27-11-4-3-10-22(27)25-18/h1-11,14-15H,12-13,16H2,(H,26,29). The molecule has 1 aliphatic heterocycles. The highest BCUT2D eigenvalue weighted by atomic mass is 16.6. The number of carbonyl (C=O) groups excluding carboxylic acids is 2. The van der Waals surface area contributed by atoms with E-state index in [2.05, 4.69) is 10.3 Å². The highest BCUT2D eigenvalue weighted by Gasteiger charge is 2.26. The number of imidazole rings is 1. The molecule has 1 saturated heterocycles. The molecule has 0 spiro atoms. The van der Waals surface area contributed by atoms with Gasteiger partial charge >= 0.3 is 6.09 Å². The fraction of sp³-hybridized carbons (Fsp3) is 0.125. The molecular formula is C24H20N4O4. The van der Waals surface area contributed by atoms with Gasteiger partial charge < -0.3 is 19.2 Å². The maximum absolute atomic E-state index is 12.9. The summed E-state index contributed by atoms with van der Waals surface area (Å²) in [4.78, 5) is 30.8. The number of rotatable bonds is 6. The summed E-state index contributed by atoms with van der Waals surface area (Å²) in [6.45, 7) is 1.05. The number of fused-ring (bicyclic) bond motifs is 1. The lowest BCUT2D eigenvalue weighted by molar-refractivity contribution is 0.102. The first-order chi connectivity index (χ1) is 15.7. The Kier molecular flexibility index (Phi) is 5.17. The van der Waals surface area contributed by atoms with Crippen molar-refractivity contribution in [3.63, 3.8) is 0 Å². The van der Waals surface area contributed by atoms with Gasteiger partial charge in [-0.2, -0.15) is 0 Å². The van der Waals surface area contributed by atoms with Crippen molar-refractivity contribution in [1.82, 2.24) is 9.38 Å². The minimum absolute atomic E-state index is 0.284. The largest absolute Gasteiger partial charge is 0.487 e. The Balaban J connectivity index is 1.29. The summed E-state index contributed by atoms with van der Waals surface area (Å²) >= 11 is 0. The average Bonchev–Trinajstić information content (AvgIpc) is 3.44. The summed E-state index contributed by atoms with van der Waals surface area (Å²) in [7, 11) is 0. The molecule has 2 amide bonds. The Bertz CT molecular complexity index is 1270. The minimum Gasteiger partial charge on any atom is -0.487 e. The van der Waals surface area contributed by atoms with Crippen LogP contribution in [-0.2, 0) is 11.3 Å². The third-order valence-electron chi connectivity index (χ3n) is 5.10. The van der Waals surface area contributed by atoms with Crippen LogP contribution in [0.1, 0.15) is 16.1 Å². The monoisotopic (exact) mass is 428 g/mol. The van der Waals surface area contributed by atoms with Crippen LogP contribution in [0.15, 0.2) is 79.1 Å². The Morgan fingerprint density at radius 3 is 2.81 bits per heavy atom. The van der Waals surface area contributed by atoms with Crippen LogP contribution in [0.2, 0.25) is 0 Å². The van der Waals surface area contributed by atoms with Gasteiger partial charge in [0.05, 0.1) is 23.6 Å². The molecule has 1 N–H and O–H groups in total. The molecule has 8 heteroatoms. The lowest BCUT2D eigenvalue weighted by Gasteiger charge is -2.17. The number of hydrogen-bond acceptors (Lipinski definition) is 5. The zero-order valence-corrected chi connectivity index (χ0v) is 17.1. The van der Waals surface area contributed by atoms with Crippen molar-refractivity contribution in [2.45, 2.75) is 6.61 Å². The van der Waals surface area contributed by atoms with E-state index in [0.29, 0.717) is 35.8 Å². The Hall–Kier alpha value is -4.33. The van der Waals surface area contributed by atoms with Crippen molar-refractivity contribution in [2.24, 2.45) is 0 Å². The van der Waals surface area contributed by atoms with E-state index < -0.39 is 6.09 Å². The molecule has 0 atom stereocenters. The predicted octanol–water partition coefficient (Wildman–Crippen LogP) is 4.12. The molecule has 2 aromatic heterocycles. The van der Waals surface area contributed by atoms with Gasteiger partial charge in [0.15, 0.2) is 0 Å². The number of pyridine rings is 1. The Labute approximate surface area is 184 Å². The van der Waals surface area contributed by atoms with E-state index in [9.17, 15) is 9.59 Å². The Morgan fingerprint density at radius 1 is 1.09 bits per heavy atom. The summed E-state index contributed by atoms with van der Waals surface area (Å²) in [5.41, 5.74) is 3.21. The molecule has 1 aliphatic rings. The first-order valence-electron chi connectivity index (χ1n) is 10.2. The zero-order chi connectivity index (χ0) is 21.9. The van der Waals surface area contributed by atoms with Crippen LogP contribution >= 0.6 is 0 Å². The number of hydrogen-bond donors (Lipinski definition) is 1. The summed E-state index contributed by atoms with van der Waals surface area (Å²) in [5, 5.41) is 2.88. The third-order valence-corrected chi connectivity index (χ3v) is 5.10. The first kappa shape index (κ1) is 19.6. The zero-order valence-electron chi connectivity index (χ0n) is 17.1. The first-order valence-corrected chi connectivity index (χ1v) is 10.2. The molecule has 32 heavy (non-hydrogen) atoms. The van der Waals surface area contributed by atoms with Gasteiger partial charge in [0.25, 0.3) is 5.91 Å². The number of para-hydroxylation sites is 2. The second-order valence-electron chi connectivity index (χ2n) is 7.25. The highest BCUT2D eigenvalue weighted by molar-refractivity contribution is 6.07. The molecule has 0 saturated carbocycles. The fourth-order valence-corrected chi connectivity index (χ4v) is 3.56. The van der Waals surface area contributed by atoms with Crippen LogP contribution in [0.3, 0.4) is 0 Å². The van der Waals surface area contributed by atoms with Gasteiger partial charge in [-0.25, -0.2) is 9.78 Å². The van der Waals surface area contributed by atoms with E-state index in [1.165, 1.54) is 4.90 Å². The van der Waals surface area contributed by atoms with Gasteiger partial charge in [-0.15, -0.1) is 0 Å². The normalized spacial score (nSPS) is 13.2. The van der Waals surface area contributed by atoms with Gasteiger partial charge in [0, 0.05) is 18.0 Å². The number of carbonyl (C=O) groups is 2. The van der Waals surface area contributed by atoms with Crippen LogP contribution in [-0.4, -0.2) is 34.5 Å². The van der Waals surface area contributed by atoms with E-state index in [-0.39, 0.29) is 12.5 Å². The van der Waals surface area contributed by atoms with E-state index in [1.54, 1.807) is 42.5 Å². The Morgan fingerprint density at radius 2 is 1.97 bits per heavy atom. The highest BCUT2D eigenvalue weighted by Crippen LogP contribution is 2.28. The van der Waals surface area contributed by atoms with Crippen molar-refractivity contribution in [1.29, 1.82) is 0 Å². The number of nitrogens with zero attached hydrogens (tertiary/aromatic N) is 3. The molecule has 4 aromatic rings. The van der Waals surface area contributed by atoms with Gasteiger partial charge in [0.1, 0.15) is 24.6 Å². The number of cyclic esters (lactones) is 1. The van der Waals surface area contributed by atoms with Gasteiger partial charge in [0.2, 0.25) is 0 Å². The number of anilines is 2. The quantitative estimate of drug-likeness (QED) is 0.499. The van der Waals surface area contributed by atoms with Crippen molar-refractivity contribution < 1.29 is 19.1 Å². The van der Waals surface area contributed by atoms with Crippen molar-refractivity contribution in [3.05, 3.63) is 90.4 Å². The molecule has 0 bridgehead atoms. The van der Waals surface area contributed by atoms with Crippen molar-refractivity contribution in [3.8, 4) is 5.75 Å². The van der Waals surface area contributed by atoms with Gasteiger partial charge in [-0.3, -0.25) is 9.69 Å². The van der Waals surface area contributed by atoms with Gasteiger partial charge in [-0.1, -0.05) is 24.3 Å². The van der Waals surface area contributed by atoms with Crippen LogP contribution in [0.25, 0.3) is 5.65 Å². The van der Waals surface area contributed by atoms with Gasteiger partial charge in [-0.05, 0) is 42.5 Å². The lowest BCUT2D eigenvalue weighted by atomic mass is 10.2. The number of amides is 2. The smallest absolute Gasteiger partial charge is 0.414 e. The summed E-state index contributed by atoms with van der Waals surface area (Å²) in [5.74, 6) is 0.259. The van der Waals surface area contributed by atoms with Crippen LogP contribution in [0, 0.1) is 0 Å². The summed E-state index contributed by atoms with van der Waals surface area (Å²) < 4.78 is 12.8. The maximum atomic E-state index is 12.9. The summed E-state index contributed by atoms with van der Waals surface area (Å²) in [6.07, 6.45) is 3.41. The molecule has 160 valence electrons. The molecule has 0 aliphatic carbocycles. The van der Waals surface area contributed by atoms with Crippen LogP contribution in [0.4, 0.5) is 16.2 Å². The van der Waals surface area contributed by atoms with E-state index >= 15 is 0 Å². The molecule has 1 fully saturated rings. The SMILES string of the molecule is O=C(Nc1ccccc1N1CCOC1=O)c1cccc(OCc2cn3ccccc3n2)c1. The fourth-order valence-electron chi connectivity index (χ4n) is 3.56. The van der Waals surface area contributed by atoms with Crippen molar-refractivity contribution >= 4 is 29.0 Å². The number of ether oxygens (including phenoxy) is 2. The molecular weight excluding hydrogens is 408 g/mol. The minimum atomic E-state index is -0.422. The molecule has 8 nitrogen and oxygen atoms in total.